The number of aliphatic imine (C=N–C) groups is 1. The number of nitrogens with zero attached hydrogens (tertiary/aromatic N) is 2. The Balaban J connectivity index is 2.08. The maximum Gasteiger partial charge on any atom is 0.198 e. The molecule has 4 nitrogen and oxygen atoms in total. The van der Waals surface area contributed by atoms with Gasteiger partial charge in [-0.15, -0.1) is 0 Å². The van der Waals surface area contributed by atoms with Crippen molar-refractivity contribution in [3.8, 4) is 0 Å². The van der Waals surface area contributed by atoms with Crippen LogP contribution in [0.25, 0.3) is 5.70 Å². The number of nitrogens with one attached hydrogen (secondary N) is 1. The lowest BCUT2D eigenvalue weighted by Gasteiger charge is -2.15. The average molecular weight is 311 g/mol. The molecule has 3 N–H and O–H groups in total. The third kappa shape index (κ3) is 2.32. The number of nitrogens with two attached hydrogens (primary N) is 1. The molecule has 0 radical (unpaired) electrons. The highest BCUT2D eigenvalue weighted by molar-refractivity contribution is 7.11. The van der Waals surface area contributed by atoms with Gasteiger partial charge < -0.3 is 11.1 Å². The molecule has 0 aromatic carbocycles. The third-order valence-electron chi connectivity index (χ3n) is 2.60. The van der Waals surface area contributed by atoms with Gasteiger partial charge in [-0.2, -0.15) is 4.37 Å². The maximum absolute atomic E-state index is 6.11. The number of aromatic nitrogens is 1. The number of rotatable bonds is 1. The van der Waals surface area contributed by atoms with E-state index in [2.05, 4.69) is 14.7 Å². The first kappa shape index (κ1) is 12.5. The van der Waals surface area contributed by atoms with Crippen LogP contribution in [0.4, 0.5) is 0 Å². The highest BCUT2D eigenvalue weighted by Gasteiger charge is 2.19. The molecule has 96 valence electrons. The molecule has 1 aliphatic heterocycles. The van der Waals surface area contributed by atoms with E-state index in [1.165, 1.54) is 0 Å². The van der Waals surface area contributed by atoms with E-state index in [0.29, 0.717) is 26.7 Å². The van der Waals surface area contributed by atoms with Gasteiger partial charge in [-0.05, 0) is 17.6 Å². The van der Waals surface area contributed by atoms with Crippen LogP contribution in [0, 0.1) is 0 Å². The van der Waals surface area contributed by atoms with Crippen LogP contribution in [0.2, 0.25) is 9.36 Å². The molecule has 2 aliphatic rings. The predicted molar refractivity (Wildman–Crippen MR) is 80.2 cm³/mol. The topological polar surface area (TPSA) is 63.3 Å². The van der Waals surface area contributed by atoms with Crippen molar-refractivity contribution in [2.24, 2.45) is 10.7 Å². The molecule has 1 aromatic heterocycles. The number of hydrogen-bond acceptors (Lipinski definition) is 5. The van der Waals surface area contributed by atoms with E-state index >= 15 is 0 Å². The first-order valence-electron chi connectivity index (χ1n) is 5.38. The van der Waals surface area contributed by atoms with Gasteiger partial charge in [0, 0.05) is 5.57 Å². The maximum atomic E-state index is 6.11. The summed E-state index contributed by atoms with van der Waals surface area (Å²) >= 11 is 13.2. The Kier molecular flexibility index (Phi) is 3.18. The normalized spacial score (nSPS) is 17.6. The van der Waals surface area contributed by atoms with Gasteiger partial charge in [0.05, 0.1) is 16.4 Å². The van der Waals surface area contributed by atoms with Crippen LogP contribution >= 0.6 is 34.7 Å². The summed E-state index contributed by atoms with van der Waals surface area (Å²) in [7, 11) is 0. The van der Waals surface area contributed by atoms with Crippen LogP contribution < -0.4 is 11.1 Å². The van der Waals surface area contributed by atoms with E-state index in [1.54, 1.807) is 0 Å². The van der Waals surface area contributed by atoms with Crippen molar-refractivity contribution in [1.82, 2.24) is 9.69 Å². The van der Waals surface area contributed by atoms with E-state index in [9.17, 15) is 0 Å². The minimum Gasteiger partial charge on any atom is -0.369 e. The molecule has 0 saturated heterocycles. The van der Waals surface area contributed by atoms with Crippen LogP contribution in [-0.2, 0) is 0 Å². The smallest absolute Gasteiger partial charge is 0.198 e. The molecular formula is C12H8Cl2N4S. The lowest BCUT2D eigenvalue weighted by Crippen LogP contribution is -2.32. The Hall–Kier alpha value is -1.56. The van der Waals surface area contributed by atoms with E-state index in [-0.39, 0.29) is 0 Å². The highest BCUT2D eigenvalue weighted by Crippen LogP contribution is 2.34. The van der Waals surface area contributed by atoms with Crippen molar-refractivity contribution in [2.45, 2.75) is 0 Å². The zero-order valence-corrected chi connectivity index (χ0v) is 11.9. The SMILES string of the molecule is NC1=NC(=C2C=CC=C2)C=C(c2nsc(Cl)c2Cl)N1. The van der Waals surface area contributed by atoms with Gasteiger partial charge >= 0.3 is 0 Å². The van der Waals surface area contributed by atoms with Crippen molar-refractivity contribution >= 4 is 46.4 Å². The zero-order valence-electron chi connectivity index (χ0n) is 9.52. The van der Waals surface area contributed by atoms with Crippen molar-refractivity contribution in [2.75, 3.05) is 0 Å². The van der Waals surface area contributed by atoms with Crippen molar-refractivity contribution in [1.29, 1.82) is 0 Å². The number of allylic oxidation sites excluding steroid dienone is 6. The molecular weight excluding hydrogens is 303 g/mol. The second-order valence-electron chi connectivity index (χ2n) is 3.86. The van der Waals surface area contributed by atoms with Gasteiger partial charge in [0.2, 0.25) is 0 Å². The van der Waals surface area contributed by atoms with Crippen LogP contribution in [0.3, 0.4) is 0 Å². The van der Waals surface area contributed by atoms with Crippen LogP contribution in [0.5, 0.6) is 0 Å². The Morgan fingerprint density at radius 1 is 1.21 bits per heavy atom. The Labute approximate surface area is 123 Å². The number of hydrogen-bond donors (Lipinski definition) is 2. The van der Waals surface area contributed by atoms with Crippen LogP contribution in [-0.4, -0.2) is 10.3 Å². The number of halogens is 2. The second kappa shape index (κ2) is 4.85. The zero-order chi connectivity index (χ0) is 13.4. The largest absolute Gasteiger partial charge is 0.369 e. The van der Waals surface area contributed by atoms with E-state index in [4.69, 9.17) is 28.9 Å². The summed E-state index contributed by atoms with van der Waals surface area (Å²) in [4.78, 5) is 4.26. The fraction of sp³-hybridized carbons (Fsp3) is 0. The molecule has 19 heavy (non-hydrogen) atoms. The first-order chi connectivity index (χ1) is 9.15. The Morgan fingerprint density at radius 3 is 2.58 bits per heavy atom. The molecule has 0 spiro atoms. The van der Waals surface area contributed by atoms with Gasteiger partial charge in [0.1, 0.15) is 10.0 Å². The Morgan fingerprint density at radius 2 is 1.95 bits per heavy atom. The van der Waals surface area contributed by atoms with Crippen molar-refractivity contribution < 1.29 is 0 Å². The van der Waals surface area contributed by atoms with E-state index in [0.717, 1.165) is 22.8 Å². The molecule has 2 heterocycles. The molecule has 7 heteroatoms. The predicted octanol–water partition coefficient (Wildman–Crippen LogP) is 3.09. The quantitative estimate of drug-likeness (QED) is 0.838. The summed E-state index contributed by atoms with van der Waals surface area (Å²) in [5.74, 6) is 0.300. The Bertz CT molecular complexity index is 681. The van der Waals surface area contributed by atoms with Crippen LogP contribution in [0.15, 0.2) is 46.6 Å². The molecule has 3 rings (SSSR count). The molecule has 0 bridgehead atoms. The molecule has 0 unspecified atom stereocenters. The summed E-state index contributed by atoms with van der Waals surface area (Å²) < 4.78 is 4.67. The lowest BCUT2D eigenvalue weighted by atomic mass is 10.1. The molecule has 0 fully saturated rings. The van der Waals surface area contributed by atoms with E-state index < -0.39 is 0 Å². The summed E-state index contributed by atoms with van der Waals surface area (Å²) in [6.07, 6.45) is 9.65. The second-order valence-corrected chi connectivity index (χ2v) is 5.61. The van der Waals surface area contributed by atoms with E-state index in [1.807, 2.05) is 30.4 Å². The fourth-order valence-electron chi connectivity index (χ4n) is 1.75. The van der Waals surface area contributed by atoms with Gasteiger partial charge in [0.15, 0.2) is 5.96 Å². The lowest BCUT2D eigenvalue weighted by molar-refractivity contribution is 1.15. The van der Waals surface area contributed by atoms with Gasteiger partial charge in [0.25, 0.3) is 0 Å². The monoisotopic (exact) mass is 310 g/mol. The summed E-state index contributed by atoms with van der Waals surface area (Å²) in [5, 5.41) is 3.37. The summed E-state index contributed by atoms with van der Waals surface area (Å²) in [5.41, 5.74) is 8.81. The fourth-order valence-corrected chi connectivity index (χ4v) is 2.78. The van der Waals surface area contributed by atoms with Crippen molar-refractivity contribution in [3.63, 3.8) is 0 Å². The molecule has 0 saturated carbocycles. The van der Waals surface area contributed by atoms with Crippen LogP contribution in [0.1, 0.15) is 5.69 Å². The first-order valence-corrected chi connectivity index (χ1v) is 6.91. The molecule has 1 aromatic rings. The summed E-state index contributed by atoms with van der Waals surface area (Å²) in [6.45, 7) is 0. The standard InChI is InChI=1S/C12H8Cl2N4S/c13-9-10(18-19-11(9)14)8-5-7(16-12(15)17-8)6-3-1-2-4-6/h1-5H,(H3,15,16,17). The number of guanidine groups is 1. The highest BCUT2D eigenvalue weighted by atomic mass is 35.5. The van der Waals surface area contributed by atoms with Gasteiger partial charge in [-0.3, -0.25) is 0 Å². The van der Waals surface area contributed by atoms with Gasteiger partial charge in [-0.25, -0.2) is 4.99 Å². The van der Waals surface area contributed by atoms with Crippen molar-refractivity contribution in [3.05, 3.63) is 56.7 Å². The molecule has 1 aliphatic carbocycles. The minimum absolute atomic E-state index is 0.300. The summed E-state index contributed by atoms with van der Waals surface area (Å²) in [6, 6.07) is 0. The van der Waals surface area contributed by atoms with Gasteiger partial charge in [-0.1, -0.05) is 47.5 Å². The molecule has 0 atom stereocenters. The third-order valence-corrected chi connectivity index (χ3v) is 4.21. The molecule has 0 amide bonds. The minimum atomic E-state index is 0.300. The average Bonchev–Trinajstić information content (AvgIpc) is 3.01.